The van der Waals surface area contributed by atoms with Gasteiger partial charge >= 0.3 is 0 Å². The van der Waals surface area contributed by atoms with Crippen LogP contribution >= 0.6 is 24.8 Å². The number of piperazine rings is 1. The van der Waals surface area contributed by atoms with Gasteiger partial charge in [-0.15, -0.1) is 24.8 Å². The lowest BCUT2D eigenvalue weighted by Gasteiger charge is -2.36. The Labute approximate surface area is 179 Å². The molecule has 0 aromatic heterocycles. The molecule has 0 saturated carbocycles. The summed E-state index contributed by atoms with van der Waals surface area (Å²) in [5.41, 5.74) is 1.51. The molecule has 0 bridgehead atoms. The first kappa shape index (κ1) is 21.1. The zero-order chi connectivity index (χ0) is 17.5. The lowest BCUT2D eigenvalue weighted by molar-refractivity contribution is 0.165. The van der Waals surface area contributed by atoms with Crippen LogP contribution < -0.4 is 5.32 Å². The van der Waals surface area contributed by atoms with Crippen LogP contribution in [0.2, 0.25) is 0 Å². The molecule has 4 aromatic carbocycles. The molecule has 4 aromatic rings. The molecular weight excluding hydrogens is 387 g/mol. The van der Waals surface area contributed by atoms with E-state index in [1.807, 2.05) is 0 Å². The molecule has 1 fully saturated rings. The molecule has 1 saturated heterocycles. The van der Waals surface area contributed by atoms with Crippen molar-refractivity contribution in [1.82, 2.24) is 10.2 Å². The molecule has 28 heavy (non-hydrogen) atoms. The fraction of sp³-hybridized carbons (Fsp3) is 0.333. The van der Waals surface area contributed by atoms with Gasteiger partial charge in [-0.25, -0.2) is 0 Å². The number of nitrogens with one attached hydrogen (secondary N) is 1. The van der Waals surface area contributed by atoms with Crippen LogP contribution in [0.15, 0.2) is 54.6 Å². The molecule has 0 amide bonds. The van der Waals surface area contributed by atoms with E-state index in [0.717, 1.165) is 26.2 Å². The molecule has 1 aliphatic heterocycles. The monoisotopic (exact) mass is 414 g/mol. The van der Waals surface area contributed by atoms with Gasteiger partial charge in [-0.2, -0.15) is 0 Å². The van der Waals surface area contributed by atoms with Crippen LogP contribution in [0.3, 0.4) is 0 Å². The van der Waals surface area contributed by atoms with Crippen LogP contribution in [0.25, 0.3) is 32.3 Å². The highest BCUT2D eigenvalue weighted by Gasteiger charge is 2.24. The highest BCUT2D eigenvalue weighted by molar-refractivity contribution is 6.23. The van der Waals surface area contributed by atoms with E-state index in [1.165, 1.54) is 50.7 Å². The van der Waals surface area contributed by atoms with Crippen LogP contribution in [-0.2, 0) is 0 Å². The maximum absolute atomic E-state index is 3.50. The largest absolute Gasteiger partial charge is 0.314 e. The SMILES string of the molecule is CCC[C@@H](c1ccc2ccc3cccc4ccc1c2c34)N1CCNCC1.Cl.Cl. The second-order valence-corrected chi connectivity index (χ2v) is 7.60. The van der Waals surface area contributed by atoms with Crippen molar-refractivity contribution in [2.24, 2.45) is 0 Å². The zero-order valence-electron chi connectivity index (χ0n) is 16.3. The minimum atomic E-state index is 0. The van der Waals surface area contributed by atoms with Crippen molar-refractivity contribution in [3.8, 4) is 0 Å². The highest BCUT2D eigenvalue weighted by Crippen LogP contribution is 2.39. The summed E-state index contributed by atoms with van der Waals surface area (Å²) in [6.07, 6.45) is 2.44. The fourth-order valence-electron chi connectivity index (χ4n) is 4.85. The fourth-order valence-corrected chi connectivity index (χ4v) is 4.85. The summed E-state index contributed by atoms with van der Waals surface area (Å²) in [5, 5.41) is 11.9. The normalized spacial score (nSPS) is 16.2. The van der Waals surface area contributed by atoms with E-state index < -0.39 is 0 Å². The first-order valence-corrected chi connectivity index (χ1v) is 9.98. The van der Waals surface area contributed by atoms with Gasteiger partial charge in [0, 0.05) is 32.2 Å². The molecule has 5 rings (SSSR count). The van der Waals surface area contributed by atoms with E-state index in [9.17, 15) is 0 Å². The highest BCUT2D eigenvalue weighted by atomic mass is 35.5. The van der Waals surface area contributed by atoms with E-state index in [2.05, 4.69) is 71.7 Å². The van der Waals surface area contributed by atoms with Gasteiger partial charge in [-0.3, -0.25) is 4.90 Å². The average molecular weight is 415 g/mol. The molecule has 1 atom stereocenters. The number of hydrogen-bond acceptors (Lipinski definition) is 2. The Morgan fingerprint density at radius 1 is 0.821 bits per heavy atom. The van der Waals surface area contributed by atoms with E-state index >= 15 is 0 Å². The molecule has 0 aliphatic carbocycles. The molecule has 1 N–H and O–H groups in total. The van der Waals surface area contributed by atoms with Crippen LogP contribution in [-0.4, -0.2) is 31.1 Å². The third-order valence-electron chi connectivity index (χ3n) is 6.08. The van der Waals surface area contributed by atoms with Crippen molar-refractivity contribution in [3.63, 3.8) is 0 Å². The molecule has 0 radical (unpaired) electrons. The molecule has 0 spiro atoms. The summed E-state index contributed by atoms with van der Waals surface area (Å²) in [7, 11) is 0. The van der Waals surface area contributed by atoms with Gasteiger partial charge in [0.05, 0.1) is 0 Å². The Morgan fingerprint density at radius 3 is 2.11 bits per heavy atom. The predicted molar refractivity (Wildman–Crippen MR) is 127 cm³/mol. The quantitative estimate of drug-likeness (QED) is 0.401. The topological polar surface area (TPSA) is 15.3 Å². The summed E-state index contributed by atoms with van der Waals surface area (Å²) in [6.45, 7) is 6.81. The van der Waals surface area contributed by atoms with Gasteiger partial charge in [0.1, 0.15) is 0 Å². The van der Waals surface area contributed by atoms with Crippen molar-refractivity contribution in [2.45, 2.75) is 25.8 Å². The maximum atomic E-state index is 3.50. The van der Waals surface area contributed by atoms with Crippen molar-refractivity contribution in [2.75, 3.05) is 26.2 Å². The first-order valence-electron chi connectivity index (χ1n) is 9.98. The summed E-state index contributed by atoms with van der Waals surface area (Å²) in [4.78, 5) is 2.69. The minimum Gasteiger partial charge on any atom is -0.314 e. The summed E-state index contributed by atoms with van der Waals surface area (Å²) < 4.78 is 0. The van der Waals surface area contributed by atoms with Crippen LogP contribution in [0.4, 0.5) is 0 Å². The zero-order valence-corrected chi connectivity index (χ0v) is 17.9. The number of halogens is 2. The number of nitrogens with zero attached hydrogens (tertiary/aromatic N) is 1. The molecule has 148 valence electrons. The van der Waals surface area contributed by atoms with Gasteiger partial charge in [0.2, 0.25) is 0 Å². The van der Waals surface area contributed by atoms with Gasteiger partial charge in [0.15, 0.2) is 0 Å². The molecular formula is C24H28Cl2N2. The smallest absolute Gasteiger partial charge is 0.0355 e. The van der Waals surface area contributed by atoms with Crippen molar-refractivity contribution in [1.29, 1.82) is 0 Å². The first-order chi connectivity index (χ1) is 12.9. The average Bonchev–Trinajstić information content (AvgIpc) is 2.71. The Bertz CT molecular complexity index is 1040. The summed E-state index contributed by atoms with van der Waals surface area (Å²) in [5.74, 6) is 0. The third-order valence-corrected chi connectivity index (χ3v) is 6.08. The van der Waals surface area contributed by atoms with Crippen LogP contribution in [0.1, 0.15) is 31.4 Å². The van der Waals surface area contributed by atoms with Crippen LogP contribution in [0.5, 0.6) is 0 Å². The Hall–Kier alpha value is -1.58. The third kappa shape index (κ3) is 3.44. The predicted octanol–water partition coefficient (Wildman–Crippen LogP) is 6.17. The lowest BCUT2D eigenvalue weighted by atomic mass is 9.88. The second kappa shape index (κ2) is 8.84. The van der Waals surface area contributed by atoms with Crippen molar-refractivity contribution in [3.05, 3.63) is 60.2 Å². The van der Waals surface area contributed by atoms with Gasteiger partial charge < -0.3 is 5.32 Å². The van der Waals surface area contributed by atoms with E-state index in [0.29, 0.717) is 6.04 Å². The van der Waals surface area contributed by atoms with Gasteiger partial charge in [0.25, 0.3) is 0 Å². The maximum Gasteiger partial charge on any atom is 0.0355 e. The molecule has 2 nitrogen and oxygen atoms in total. The molecule has 0 unspecified atom stereocenters. The summed E-state index contributed by atoms with van der Waals surface area (Å²) >= 11 is 0. The molecule has 1 heterocycles. The Kier molecular flexibility index (Phi) is 6.67. The molecule has 4 heteroatoms. The number of rotatable bonds is 4. The standard InChI is InChI=1S/C24H26N2.2ClH/c1-2-4-22(26-15-13-25-14-16-26)20-11-9-19-8-7-17-5-3-6-18-10-12-21(20)24(19)23(17)18;;/h3,5-12,22,25H,2,4,13-16H2,1H3;2*1H/t22-;;/m0../s1. The Balaban J connectivity index is 0.00000112. The van der Waals surface area contributed by atoms with E-state index in [-0.39, 0.29) is 24.8 Å². The minimum absolute atomic E-state index is 0. The van der Waals surface area contributed by atoms with Crippen molar-refractivity contribution < 1.29 is 0 Å². The lowest BCUT2D eigenvalue weighted by Crippen LogP contribution is -2.45. The van der Waals surface area contributed by atoms with E-state index in [1.54, 1.807) is 0 Å². The number of benzene rings is 4. The second-order valence-electron chi connectivity index (χ2n) is 7.60. The van der Waals surface area contributed by atoms with E-state index in [4.69, 9.17) is 0 Å². The molecule has 1 aliphatic rings. The van der Waals surface area contributed by atoms with Gasteiger partial charge in [-0.1, -0.05) is 67.9 Å². The van der Waals surface area contributed by atoms with Crippen LogP contribution in [0, 0.1) is 0 Å². The Morgan fingerprint density at radius 2 is 1.43 bits per heavy atom. The van der Waals surface area contributed by atoms with Crippen molar-refractivity contribution >= 4 is 57.1 Å². The van der Waals surface area contributed by atoms with Gasteiger partial charge in [-0.05, 0) is 44.3 Å². The number of hydrogen-bond donors (Lipinski definition) is 1. The summed E-state index contributed by atoms with van der Waals surface area (Å²) in [6, 6.07) is 21.1.